The first-order valence-corrected chi connectivity index (χ1v) is 17.5. The van der Waals surface area contributed by atoms with Crippen molar-refractivity contribution in [3.63, 3.8) is 0 Å². The van der Waals surface area contributed by atoms with E-state index in [1.807, 2.05) is 96.7 Å². The molecule has 5 aromatic rings. The molecule has 1 fully saturated rings. The largest absolute Gasteiger partial charge is 0.479 e. The van der Waals surface area contributed by atoms with Crippen molar-refractivity contribution in [2.75, 3.05) is 24.5 Å². The Morgan fingerprint density at radius 3 is 2.39 bits per heavy atom. The maximum atomic E-state index is 13.6. The van der Waals surface area contributed by atoms with Crippen molar-refractivity contribution in [2.24, 2.45) is 7.05 Å². The first kappa shape index (κ1) is 34.7. The molecule has 49 heavy (non-hydrogen) atoms. The van der Waals surface area contributed by atoms with Crippen LogP contribution in [0.2, 0.25) is 5.02 Å². The number of benzene rings is 3. The molecule has 0 aliphatic carbocycles. The van der Waals surface area contributed by atoms with Crippen LogP contribution in [-0.2, 0) is 21.3 Å². The summed E-state index contributed by atoms with van der Waals surface area (Å²) in [5.74, 6) is -1.07. The molecule has 3 aromatic carbocycles. The Kier molecular flexibility index (Phi) is 9.15. The number of piperazine rings is 1. The van der Waals surface area contributed by atoms with Gasteiger partial charge in [0.15, 0.2) is 11.2 Å². The van der Waals surface area contributed by atoms with Crippen LogP contribution in [0.15, 0.2) is 54.7 Å². The van der Waals surface area contributed by atoms with Crippen LogP contribution >= 0.6 is 22.9 Å². The Balaban J connectivity index is 1.46. The summed E-state index contributed by atoms with van der Waals surface area (Å²) < 4.78 is 14.7. The topological polar surface area (TPSA) is 110 Å². The summed E-state index contributed by atoms with van der Waals surface area (Å²) in [5.41, 5.74) is 4.33. The minimum atomic E-state index is -1.20. The van der Waals surface area contributed by atoms with Gasteiger partial charge in [-0.1, -0.05) is 41.1 Å². The van der Waals surface area contributed by atoms with E-state index in [2.05, 4.69) is 16.1 Å². The Hall–Kier alpha value is -4.19. The van der Waals surface area contributed by atoms with Gasteiger partial charge in [-0.15, -0.1) is 0 Å². The van der Waals surface area contributed by atoms with Gasteiger partial charge in [0.05, 0.1) is 33.6 Å². The fourth-order valence-electron chi connectivity index (χ4n) is 6.33. The second-order valence-electron chi connectivity index (χ2n) is 14.5. The lowest BCUT2D eigenvalue weighted by Gasteiger charge is -2.41. The number of anilines is 1. The molecule has 6 rings (SSSR count). The number of carboxylic acids is 1. The van der Waals surface area contributed by atoms with Gasteiger partial charge in [0.25, 0.3) is 0 Å². The van der Waals surface area contributed by atoms with E-state index < -0.39 is 23.3 Å². The van der Waals surface area contributed by atoms with Gasteiger partial charge in [-0.2, -0.15) is 5.10 Å². The van der Waals surface area contributed by atoms with Gasteiger partial charge < -0.3 is 19.5 Å². The van der Waals surface area contributed by atoms with E-state index >= 15 is 0 Å². The number of thiazole rings is 1. The van der Waals surface area contributed by atoms with E-state index in [1.54, 1.807) is 17.0 Å². The van der Waals surface area contributed by atoms with E-state index in [1.165, 1.54) is 11.3 Å². The van der Waals surface area contributed by atoms with Crippen molar-refractivity contribution in [3.05, 3.63) is 76.4 Å². The lowest BCUT2D eigenvalue weighted by atomic mass is 9.91. The molecule has 1 saturated heterocycles. The van der Waals surface area contributed by atoms with Crippen LogP contribution in [0.1, 0.15) is 70.4 Å². The summed E-state index contributed by atoms with van der Waals surface area (Å²) >= 11 is 7.79. The summed E-state index contributed by atoms with van der Waals surface area (Å²) in [6, 6.07) is 15.2. The number of nitrogens with zero attached hydrogens (tertiary/aromatic N) is 5. The van der Waals surface area contributed by atoms with Crippen LogP contribution in [0.5, 0.6) is 0 Å². The molecule has 2 aromatic heterocycles. The number of hydrogen-bond acceptors (Lipinski definition) is 8. The molecular formula is C37H42ClN5O5S. The third-order valence-electron chi connectivity index (χ3n) is 8.44. The van der Waals surface area contributed by atoms with Crippen LogP contribution < -0.4 is 4.90 Å². The fraction of sp³-hybridized carbons (Fsp3) is 0.405. The van der Waals surface area contributed by atoms with E-state index in [4.69, 9.17) is 26.1 Å². The molecule has 0 saturated carbocycles. The fourth-order valence-corrected chi connectivity index (χ4v) is 7.62. The summed E-state index contributed by atoms with van der Waals surface area (Å²) in [5, 5.41) is 17.2. The molecule has 1 aliphatic rings. The predicted octanol–water partition coefficient (Wildman–Crippen LogP) is 8.55. The van der Waals surface area contributed by atoms with Crippen molar-refractivity contribution in [1.82, 2.24) is 19.7 Å². The van der Waals surface area contributed by atoms with E-state index in [0.717, 1.165) is 48.5 Å². The van der Waals surface area contributed by atoms with Gasteiger partial charge in [0.1, 0.15) is 5.60 Å². The highest BCUT2D eigenvalue weighted by Crippen LogP contribution is 2.45. The summed E-state index contributed by atoms with van der Waals surface area (Å²) in [6.07, 6.45) is 0.262. The number of fused-ring (bicyclic) bond motifs is 2. The minimum Gasteiger partial charge on any atom is -0.479 e. The predicted molar refractivity (Wildman–Crippen MR) is 195 cm³/mol. The number of carboxylic acid groups (broad SMARTS) is 1. The molecular weight excluding hydrogens is 662 g/mol. The number of hydrogen-bond donors (Lipinski definition) is 1. The third kappa shape index (κ3) is 7.25. The van der Waals surface area contributed by atoms with Gasteiger partial charge >= 0.3 is 12.1 Å². The molecule has 0 radical (unpaired) electrons. The average Bonchev–Trinajstić information content (AvgIpc) is 3.61. The quantitative estimate of drug-likeness (QED) is 0.187. The molecule has 12 heteroatoms. The number of carbonyl (C=O) groups excluding carboxylic acids is 1. The first-order chi connectivity index (χ1) is 23.0. The second kappa shape index (κ2) is 12.9. The monoisotopic (exact) mass is 703 g/mol. The van der Waals surface area contributed by atoms with Crippen LogP contribution in [0.25, 0.3) is 32.2 Å². The second-order valence-corrected chi connectivity index (χ2v) is 15.9. The minimum absolute atomic E-state index is 0.315. The van der Waals surface area contributed by atoms with Crippen molar-refractivity contribution < 1.29 is 24.2 Å². The standard InChI is InChI=1S/C37H42ClN5O5S/c1-21-17-26-32(30(22-9-12-25(38)13-10-22)29(21)31(33(44)45)47-36(2,3)4)49-34(40-26)42-15-16-43(35(46)48-37(5,6)7)28(20-42)23-11-14-27-24(18-23)19-39-41(27)8/h9-14,17-19,28,31H,15-16,20H2,1-8H3,(H,44,45). The highest BCUT2D eigenvalue weighted by Gasteiger charge is 2.37. The summed E-state index contributed by atoms with van der Waals surface area (Å²) in [6.45, 7) is 14.5. The van der Waals surface area contributed by atoms with Gasteiger partial charge in [0.2, 0.25) is 0 Å². The molecule has 2 atom stereocenters. The zero-order valence-corrected chi connectivity index (χ0v) is 30.6. The number of halogens is 1. The van der Waals surface area contributed by atoms with Crippen LogP contribution in [-0.4, -0.2) is 67.7 Å². The molecule has 2 unspecified atom stereocenters. The summed E-state index contributed by atoms with van der Waals surface area (Å²) in [4.78, 5) is 35.4. The number of aryl methyl sites for hydroxylation is 2. The van der Waals surface area contributed by atoms with Crippen LogP contribution in [0.3, 0.4) is 0 Å². The molecule has 1 amide bonds. The lowest BCUT2D eigenvalue weighted by molar-refractivity contribution is -0.160. The number of ether oxygens (including phenoxy) is 2. The normalized spacial score (nSPS) is 16.4. The Morgan fingerprint density at radius 1 is 1.02 bits per heavy atom. The molecule has 258 valence electrons. The summed E-state index contributed by atoms with van der Waals surface area (Å²) in [7, 11) is 1.91. The number of rotatable bonds is 6. The van der Waals surface area contributed by atoms with Gasteiger partial charge in [-0.05, 0) is 95.5 Å². The van der Waals surface area contributed by atoms with Crippen molar-refractivity contribution >= 4 is 61.3 Å². The molecule has 1 aliphatic heterocycles. The lowest BCUT2D eigenvalue weighted by Crippen LogP contribution is -2.52. The van der Waals surface area contributed by atoms with Crippen LogP contribution in [0.4, 0.5) is 9.93 Å². The van der Waals surface area contributed by atoms with Crippen molar-refractivity contribution in [3.8, 4) is 11.1 Å². The van der Waals surface area contributed by atoms with Crippen molar-refractivity contribution in [1.29, 1.82) is 0 Å². The van der Waals surface area contributed by atoms with Gasteiger partial charge in [-0.25, -0.2) is 14.6 Å². The van der Waals surface area contributed by atoms with Gasteiger partial charge in [-0.3, -0.25) is 9.58 Å². The smallest absolute Gasteiger partial charge is 0.410 e. The van der Waals surface area contributed by atoms with Crippen LogP contribution in [0, 0.1) is 6.92 Å². The maximum Gasteiger partial charge on any atom is 0.410 e. The highest BCUT2D eigenvalue weighted by molar-refractivity contribution is 7.22. The maximum absolute atomic E-state index is 13.6. The van der Waals surface area contributed by atoms with E-state index in [9.17, 15) is 14.7 Å². The zero-order valence-electron chi connectivity index (χ0n) is 29.1. The first-order valence-electron chi connectivity index (χ1n) is 16.3. The van der Waals surface area contributed by atoms with Gasteiger partial charge in [0, 0.05) is 48.2 Å². The molecule has 3 heterocycles. The Bertz CT molecular complexity index is 2040. The average molecular weight is 704 g/mol. The molecule has 10 nitrogen and oxygen atoms in total. The number of amides is 1. The number of aliphatic carboxylic acids is 1. The highest BCUT2D eigenvalue weighted by atomic mass is 35.5. The van der Waals surface area contributed by atoms with E-state index in [0.29, 0.717) is 30.2 Å². The molecule has 0 spiro atoms. The number of aromatic nitrogens is 3. The zero-order chi connectivity index (χ0) is 35.4. The third-order valence-corrected chi connectivity index (χ3v) is 9.84. The molecule has 1 N–H and O–H groups in total. The Labute approximate surface area is 295 Å². The SMILES string of the molecule is Cc1cc2nc(N3CCN(C(=O)OC(C)(C)C)C(c4ccc5c(cnn5C)c4)C3)sc2c(-c2ccc(Cl)cc2)c1C(OC(C)(C)C)C(=O)O. The van der Waals surface area contributed by atoms with Crippen molar-refractivity contribution in [2.45, 2.75) is 71.8 Å². The molecule has 0 bridgehead atoms. The van der Waals surface area contributed by atoms with E-state index in [-0.39, 0.29) is 12.1 Å². The number of carbonyl (C=O) groups is 2. The Morgan fingerprint density at radius 2 is 1.73 bits per heavy atom.